The van der Waals surface area contributed by atoms with Crippen molar-refractivity contribution < 1.29 is 24.2 Å². The molecule has 0 aromatic heterocycles. The van der Waals surface area contributed by atoms with Crippen LogP contribution in [0.15, 0.2) is 18.2 Å². The minimum atomic E-state index is -1.08. The minimum absolute atomic E-state index is 0.0522. The highest BCUT2D eigenvalue weighted by Gasteiger charge is 2.12. The van der Waals surface area contributed by atoms with Gasteiger partial charge < -0.3 is 19.9 Å². The Kier molecular flexibility index (Phi) is 7.54. The summed E-state index contributed by atoms with van der Waals surface area (Å²) in [5.41, 5.74) is 0.545. The van der Waals surface area contributed by atoms with Gasteiger partial charge in [-0.1, -0.05) is 13.8 Å². The van der Waals surface area contributed by atoms with E-state index in [1.54, 1.807) is 0 Å². The first kappa shape index (κ1) is 19.0. The van der Waals surface area contributed by atoms with Gasteiger partial charge in [0.2, 0.25) is 5.91 Å². The molecule has 6 nitrogen and oxygen atoms in total. The topological polar surface area (TPSA) is 84.9 Å². The molecule has 6 heteroatoms. The zero-order valence-electron chi connectivity index (χ0n) is 14.1. The van der Waals surface area contributed by atoms with Gasteiger partial charge in [-0.3, -0.25) is 4.79 Å². The Morgan fingerprint density at radius 3 is 2.52 bits per heavy atom. The lowest BCUT2D eigenvalue weighted by molar-refractivity contribution is -0.117. The number of aromatic carboxylic acids is 1. The normalized spacial score (nSPS) is 12.0. The molecule has 1 aromatic rings. The molecule has 0 spiro atoms. The van der Waals surface area contributed by atoms with Crippen LogP contribution in [0.2, 0.25) is 0 Å². The van der Waals surface area contributed by atoms with E-state index in [0.29, 0.717) is 18.2 Å². The van der Waals surface area contributed by atoms with E-state index in [0.717, 1.165) is 6.42 Å². The fourth-order valence-corrected chi connectivity index (χ4v) is 2.25. The number of amides is 1. The molecule has 1 atom stereocenters. The first-order valence-electron chi connectivity index (χ1n) is 7.66. The first-order valence-corrected chi connectivity index (χ1v) is 7.66. The van der Waals surface area contributed by atoms with Crippen LogP contribution in [-0.4, -0.2) is 36.8 Å². The van der Waals surface area contributed by atoms with Crippen molar-refractivity contribution in [1.82, 2.24) is 0 Å². The number of methoxy groups -OCH3 is 1. The Labute approximate surface area is 136 Å². The van der Waals surface area contributed by atoms with Crippen molar-refractivity contribution in [2.75, 3.05) is 19.0 Å². The van der Waals surface area contributed by atoms with Crippen LogP contribution >= 0.6 is 0 Å². The number of rotatable bonds is 9. The van der Waals surface area contributed by atoms with Crippen LogP contribution in [0.5, 0.6) is 5.75 Å². The molecule has 0 saturated heterocycles. The summed E-state index contributed by atoms with van der Waals surface area (Å²) in [7, 11) is 1.39. The van der Waals surface area contributed by atoms with Crippen molar-refractivity contribution in [2.24, 2.45) is 5.92 Å². The molecule has 0 aliphatic heterocycles. The number of benzene rings is 1. The third-order valence-corrected chi connectivity index (χ3v) is 3.25. The maximum Gasteiger partial charge on any atom is 0.339 e. The number of carbonyl (C=O) groups excluding carboxylic acids is 1. The fourth-order valence-electron chi connectivity index (χ4n) is 2.25. The van der Waals surface area contributed by atoms with E-state index in [4.69, 9.17) is 14.6 Å². The van der Waals surface area contributed by atoms with Crippen molar-refractivity contribution >= 4 is 17.6 Å². The predicted molar refractivity (Wildman–Crippen MR) is 88.1 cm³/mol. The van der Waals surface area contributed by atoms with Crippen molar-refractivity contribution in [1.29, 1.82) is 0 Å². The van der Waals surface area contributed by atoms with Crippen LogP contribution in [-0.2, 0) is 9.53 Å². The summed E-state index contributed by atoms with van der Waals surface area (Å²) in [6, 6.07) is 4.42. The highest BCUT2D eigenvalue weighted by molar-refractivity contribution is 5.94. The van der Waals surface area contributed by atoms with E-state index in [2.05, 4.69) is 19.2 Å². The molecule has 1 amide bonds. The van der Waals surface area contributed by atoms with Crippen LogP contribution < -0.4 is 10.1 Å². The number of carboxylic acid groups (broad SMARTS) is 1. The highest BCUT2D eigenvalue weighted by atomic mass is 16.5. The molecule has 0 aliphatic rings. The summed E-state index contributed by atoms with van der Waals surface area (Å²) >= 11 is 0. The number of nitrogens with one attached hydrogen (secondary N) is 1. The molecule has 0 aliphatic carbocycles. The van der Waals surface area contributed by atoms with Crippen molar-refractivity contribution in [2.45, 2.75) is 39.7 Å². The maximum atomic E-state index is 11.9. The van der Waals surface area contributed by atoms with Crippen molar-refractivity contribution in [3.05, 3.63) is 23.8 Å². The van der Waals surface area contributed by atoms with Crippen LogP contribution in [0.1, 0.15) is 44.0 Å². The minimum Gasteiger partial charge on any atom is -0.496 e. The van der Waals surface area contributed by atoms with Gasteiger partial charge in [0, 0.05) is 11.8 Å². The molecule has 0 saturated carbocycles. The second-order valence-corrected chi connectivity index (χ2v) is 5.83. The Morgan fingerprint density at radius 2 is 1.96 bits per heavy atom. The van der Waals surface area contributed by atoms with E-state index in [9.17, 15) is 9.59 Å². The molecule has 0 heterocycles. The van der Waals surface area contributed by atoms with E-state index in [-0.39, 0.29) is 29.7 Å². The van der Waals surface area contributed by atoms with Gasteiger partial charge in [-0.15, -0.1) is 0 Å². The maximum absolute atomic E-state index is 11.9. The number of carboxylic acids is 1. The Morgan fingerprint density at radius 1 is 1.26 bits per heavy atom. The summed E-state index contributed by atoms with van der Waals surface area (Å²) < 4.78 is 10.6. The fraction of sp³-hybridized carbons (Fsp3) is 0.529. The van der Waals surface area contributed by atoms with Gasteiger partial charge in [-0.05, 0) is 31.4 Å². The zero-order chi connectivity index (χ0) is 17.4. The average molecular weight is 323 g/mol. The third-order valence-electron chi connectivity index (χ3n) is 3.25. The number of hydrogen-bond acceptors (Lipinski definition) is 4. The SMILES string of the molecule is COc1cc(NC(=O)CCOC(C)CC(C)C)ccc1C(=O)O. The lowest BCUT2D eigenvalue weighted by atomic mass is 10.1. The van der Waals surface area contributed by atoms with Gasteiger partial charge in [0.15, 0.2) is 0 Å². The highest BCUT2D eigenvalue weighted by Crippen LogP contribution is 2.23. The molecule has 1 unspecified atom stereocenters. The molecule has 1 aromatic carbocycles. The van der Waals surface area contributed by atoms with E-state index in [1.807, 2.05) is 6.92 Å². The van der Waals surface area contributed by atoms with Crippen LogP contribution in [0.3, 0.4) is 0 Å². The Balaban J connectivity index is 2.50. The van der Waals surface area contributed by atoms with E-state index >= 15 is 0 Å². The number of carbonyl (C=O) groups is 2. The summed E-state index contributed by atoms with van der Waals surface area (Å²) in [5, 5.41) is 11.7. The van der Waals surface area contributed by atoms with E-state index < -0.39 is 5.97 Å². The quantitative estimate of drug-likeness (QED) is 0.729. The summed E-state index contributed by atoms with van der Waals surface area (Å²) in [5.74, 6) is -0.504. The molecule has 1 rings (SSSR count). The van der Waals surface area contributed by atoms with Gasteiger partial charge in [0.1, 0.15) is 11.3 Å². The Bertz CT molecular complexity index is 542. The molecule has 2 N–H and O–H groups in total. The first-order chi connectivity index (χ1) is 10.8. The summed E-state index contributed by atoms with van der Waals surface area (Å²) in [6.07, 6.45) is 1.32. The smallest absolute Gasteiger partial charge is 0.339 e. The summed E-state index contributed by atoms with van der Waals surface area (Å²) in [4.78, 5) is 22.9. The largest absolute Gasteiger partial charge is 0.496 e. The predicted octanol–water partition coefficient (Wildman–Crippen LogP) is 3.17. The second kappa shape index (κ2) is 9.15. The second-order valence-electron chi connectivity index (χ2n) is 5.83. The molecule has 128 valence electrons. The lowest BCUT2D eigenvalue weighted by Gasteiger charge is -2.15. The van der Waals surface area contributed by atoms with Crippen LogP contribution in [0.25, 0.3) is 0 Å². The number of anilines is 1. The van der Waals surface area contributed by atoms with Crippen LogP contribution in [0, 0.1) is 5.92 Å². The van der Waals surface area contributed by atoms with Crippen molar-refractivity contribution in [3.63, 3.8) is 0 Å². The summed E-state index contributed by atoms with van der Waals surface area (Å²) in [6.45, 7) is 6.60. The van der Waals surface area contributed by atoms with Gasteiger partial charge in [0.05, 0.1) is 26.2 Å². The van der Waals surface area contributed by atoms with Gasteiger partial charge in [-0.25, -0.2) is 4.79 Å². The molecular formula is C17H25NO5. The van der Waals surface area contributed by atoms with Gasteiger partial charge in [-0.2, -0.15) is 0 Å². The van der Waals surface area contributed by atoms with Crippen LogP contribution in [0.4, 0.5) is 5.69 Å². The molecular weight excluding hydrogens is 298 g/mol. The van der Waals surface area contributed by atoms with Gasteiger partial charge >= 0.3 is 5.97 Å². The molecule has 0 bridgehead atoms. The Hall–Kier alpha value is -2.08. The molecule has 0 fully saturated rings. The van der Waals surface area contributed by atoms with E-state index in [1.165, 1.54) is 25.3 Å². The number of hydrogen-bond donors (Lipinski definition) is 2. The number of ether oxygens (including phenoxy) is 2. The van der Waals surface area contributed by atoms with Crippen molar-refractivity contribution in [3.8, 4) is 5.75 Å². The third kappa shape index (κ3) is 6.69. The van der Waals surface area contributed by atoms with Gasteiger partial charge in [0.25, 0.3) is 0 Å². The average Bonchev–Trinajstić information content (AvgIpc) is 2.45. The molecule has 23 heavy (non-hydrogen) atoms. The lowest BCUT2D eigenvalue weighted by Crippen LogP contribution is -2.18. The molecule has 0 radical (unpaired) electrons. The monoisotopic (exact) mass is 323 g/mol. The zero-order valence-corrected chi connectivity index (χ0v) is 14.1. The standard InChI is InChI=1S/C17H25NO5/c1-11(2)9-12(3)23-8-7-16(19)18-13-5-6-14(17(20)21)15(10-13)22-4/h5-6,10-12H,7-9H2,1-4H3,(H,18,19)(H,20,21).